The number of aromatic nitrogens is 2. The molecule has 0 aliphatic rings. The molecule has 1 aromatic rings. The molecular weight excluding hydrogens is 258 g/mol. The molecule has 0 saturated carbocycles. The van der Waals surface area contributed by atoms with Gasteiger partial charge in [0.05, 0.1) is 10.7 Å². The number of hydrogen-bond acceptors (Lipinski definition) is 5. The Morgan fingerprint density at radius 1 is 1.56 bits per heavy atom. The van der Waals surface area contributed by atoms with Crippen molar-refractivity contribution < 1.29 is 13.3 Å². The smallest absolute Gasteiger partial charge is 0.258 e. The Kier molecular flexibility index (Phi) is 3.54. The van der Waals surface area contributed by atoms with Gasteiger partial charge < -0.3 is 0 Å². The van der Waals surface area contributed by atoms with Crippen molar-refractivity contribution in [2.24, 2.45) is 7.05 Å². The van der Waals surface area contributed by atoms with Gasteiger partial charge in [0, 0.05) is 12.9 Å². The van der Waals surface area contributed by atoms with Crippen molar-refractivity contribution >= 4 is 27.1 Å². The van der Waals surface area contributed by atoms with E-state index in [2.05, 4.69) is 5.10 Å². The third kappa shape index (κ3) is 2.17. The molecule has 0 saturated heterocycles. The van der Waals surface area contributed by atoms with E-state index in [1.807, 2.05) is 0 Å². The summed E-state index contributed by atoms with van der Waals surface area (Å²) in [4.78, 5) is 10.0. The minimum Gasteiger partial charge on any atom is -0.258 e. The monoisotopic (exact) mass is 267 g/mol. The van der Waals surface area contributed by atoms with Crippen LogP contribution in [0.2, 0.25) is 0 Å². The number of alkyl halides is 1. The molecule has 0 aliphatic heterocycles. The predicted octanol–water partition coefficient (Wildman–Crippen LogP) is 0.649. The Balaban J connectivity index is 3.50. The number of nitro groups is 1. The lowest BCUT2D eigenvalue weighted by Crippen LogP contribution is -2.14. The lowest BCUT2D eigenvalue weighted by Gasteiger charge is -2.01. The molecule has 90 valence electrons. The van der Waals surface area contributed by atoms with Crippen LogP contribution in [0.5, 0.6) is 0 Å². The molecule has 0 unspecified atom stereocenters. The van der Waals surface area contributed by atoms with E-state index in [-0.39, 0.29) is 17.3 Å². The van der Waals surface area contributed by atoms with Crippen molar-refractivity contribution in [3.05, 3.63) is 15.8 Å². The largest absolute Gasteiger partial charge is 0.328 e. The van der Waals surface area contributed by atoms with E-state index in [1.54, 1.807) is 0 Å². The molecule has 0 radical (unpaired) electrons. The van der Waals surface area contributed by atoms with Crippen LogP contribution in [0.4, 0.5) is 5.69 Å². The van der Waals surface area contributed by atoms with Crippen LogP contribution in [-0.4, -0.2) is 34.8 Å². The van der Waals surface area contributed by atoms with Crippen LogP contribution in [0.1, 0.15) is 5.69 Å². The molecule has 0 fully saturated rings. The standard InChI is InChI=1S/C7H10ClN3O4S/c1-5-6(11(12)13)7(10(2)9-5)16(14,15)4-3-8/h3-4H2,1-2H3. The molecule has 0 atom stereocenters. The van der Waals surface area contributed by atoms with Crippen molar-refractivity contribution in [1.29, 1.82) is 0 Å². The van der Waals surface area contributed by atoms with E-state index in [1.165, 1.54) is 14.0 Å². The fourth-order valence-corrected chi connectivity index (χ4v) is 3.35. The molecule has 1 heterocycles. The minimum atomic E-state index is -3.77. The molecule has 7 nitrogen and oxygen atoms in total. The summed E-state index contributed by atoms with van der Waals surface area (Å²) in [6.45, 7) is 1.39. The van der Waals surface area contributed by atoms with Crippen LogP contribution in [-0.2, 0) is 16.9 Å². The highest BCUT2D eigenvalue weighted by Crippen LogP contribution is 2.27. The maximum atomic E-state index is 11.7. The van der Waals surface area contributed by atoms with E-state index in [0.717, 1.165) is 4.68 Å². The summed E-state index contributed by atoms with van der Waals surface area (Å²) in [6, 6.07) is 0. The van der Waals surface area contributed by atoms with Crippen molar-refractivity contribution in [1.82, 2.24) is 9.78 Å². The molecule has 0 amide bonds. The minimum absolute atomic E-state index is 0.0700. The maximum absolute atomic E-state index is 11.7. The topological polar surface area (TPSA) is 95.1 Å². The Hall–Kier alpha value is -1.15. The van der Waals surface area contributed by atoms with E-state index in [9.17, 15) is 18.5 Å². The van der Waals surface area contributed by atoms with Gasteiger partial charge in [-0.05, 0) is 6.92 Å². The summed E-state index contributed by atoms with van der Waals surface area (Å²) in [7, 11) is -2.42. The average molecular weight is 268 g/mol. The van der Waals surface area contributed by atoms with Crippen LogP contribution in [0, 0.1) is 17.0 Å². The Bertz CT molecular complexity index is 522. The quantitative estimate of drug-likeness (QED) is 0.453. The molecular formula is C7H10ClN3O4S. The van der Waals surface area contributed by atoms with Gasteiger partial charge in [0.15, 0.2) is 0 Å². The van der Waals surface area contributed by atoms with Crippen molar-refractivity contribution in [2.45, 2.75) is 11.9 Å². The SMILES string of the molecule is Cc1nn(C)c(S(=O)(=O)CCCl)c1[N+](=O)[O-]. The summed E-state index contributed by atoms with van der Waals surface area (Å²) >= 11 is 5.35. The first-order valence-electron chi connectivity index (χ1n) is 4.28. The molecule has 1 rings (SSSR count). The lowest BCUT2D eigenvalue weighted by molar-refractivity contribution is -0.388. The van der Waals surface area contributed by atoms with Crippen molar-refractivity contribution in [3.63, 3.8) is 0 Å². The average Bonchev–Trinajstić information content (AvgIpc) is 2.41. The second-order valence-electron chi connectivity index (χ2n) is 3.13. The lowest BCUT2D eigenvalue weighted by atomic mass is 10.4. The van der Waals surface area contributed by atoms with Gasteiger partial charge in [-0.2, -0.15) is 5.10 Å². The first-order valence-corrected chi connectivity index (χ1v) is 6.46. The van der Waals surface area contributed by atoms with E-state index in [0.29, 0.717) is 0 Å². The van der Waals surface area contributed by atoms with Gasteiger partial charge in [0.2, 0.25) is 14.9 Å². The van der Waals surface area contributed by atoms with Crippen LogP contribution in [0.25, 0.3) is 0 Å². The van der Waals surface area contributed by atoms with Crippen molar-refractivity contribution in [2.75, 3.05) is 11.6 Å². The van der Waals surface area contributed by atoms with Gasteiger partial charge >= 0.3 is 5.69 Å². The van der Waals surface area contributed by atoms with Gasteiger partial charge in [-0.15, -0.1) is 11.6 Å². The summed E-state index contributed by atoms with van der Waals surface area (Å²) in [5, 5.41) is 14.1. The molecule has 0 spiro atoms. The Morgan fingerprint density at radius 2 is 2.12 bits per heavy atom. The number of rotatable bonds is 4. The van der Waals surface area contributed by atoms with Crippen LogP contribution in [0.3, 0.4) is 0 Å². The summed E-state index contributed by atoms with van der Waals surface area (Å²) in [6.07, 6.45) is 0. The number of nitrogens with zero attached hydrogens (tertiary/aromatic N) is 3. The maximum Gasteiger partial charge on any atom is 0.328 e. The van der Waals surface area contributed by atoms with E-state index in [4.69, 9.17) is 11.6 Å². The highest BCUT2D eigenvalue weighted by atomic mass is 35.5. The zero-order chi connectivity index (χ0) is 12.5. The molecule has 1 aromatic heterocycles. The molecule has 0 bridgehead atoms. The molecule has 9 heteroatoms. The van der Waals surface area contributed by atoms with Crippen LogP contribution < -0.4 is 0 Å². The van der Waals surface area contributed by atoms with Crippen molar-refractivity contribution in [3.8, 4) is 0 Å². The zero-order valence-electron chi connectivity index (χ0n) is 8.68. The molecule has 0 N–H and O–H groups in total. The summed E-state index contributed by atoms with van der Waals surface area (Å²) < 4.78 is 24.5. The Morgan fingerprint density at radius 3 is 2.56 bits per heavy atom. The first-order chi connectivity index (χ1) is 7.31. The number of halogens is 1. The third-order valence-electron chi connectivity index (χ3n) is 1.96. The fraction of sp³-hybridized carbons (Fsp3) is 0.571. The molecule has 0 aromatic carbocycles. The summed E-state index contributed by atoms with van der Waals surface area (Å²) in [5.74, 6) is -0.474. The van der Waals surface area contributed by atoms with Crippen LogP contribution >= 0.6 is 11.6 Å². The van der Waals surface area contributed by atoms with Gasteiger partial charge in [-0.3, -0.25) is 14.8 Å². The van der Waals surface area contributed by atoms with Gasteiger partial charge in [0.1, 0.15) is 5.69 Å². The number of hydrogen-bond donors (Lipinski definition) is 0. The predicted molar refractivity (Wildman–Crippen MR) is 57.4 cm³/mol. The molecule has 16 heavy (non-hydrogen) atoms. The third-order valence-corrected chi connectivity index (χ3v) is 4.16. The van der Waals surface area contributed by atoms with E-state index < -0.39 is 25.5 Å². The molecule has 0 aliphatic carbocycles. The summed E-state index contributed by atoms with van der Waals surface area (Å²) in [5.41, 5.74) is -0.409. The second kappa shape index (κ2) is 4.38. The first kappa shape index (κ1) is 12.9. The van der Waals surface area contributed by atoms with Crippen LogP contribution in [0.15, 0.2) is 5.03 Å². The Labute approximate surface area is 97.1 Å². The van der Waals surface area contributed by atoms with E-state index >= 15 is 0 Å². The highest BCUT2D eigenvalue weighted by Gasteiger charge is 2.33. The normalized spacial score (nSPS) is 11.7. The van der Waals surface area contributed by atoms with Gasteiger partial charge in [-0.1, -0.05) is 0 Å². The fourth-order valence-electron chi connectivity index (χ4n) is 1.38. The number of sulfone groups is 1. The second-order valence-corrected chi connectivity index (χ2v) is 5.53. The van der Waals surface area contributed by atoms with Gasteiger partial charge in [0.25, 0.3) is 0 Å². The number of aryl methyl sites for hydroxylation is 2. The van der Waals surface area contributed by atoms with Gasteiger partial charge in [-0.25, -0.2) is 8.42 Å². The zero-order valence-corrected chi connectivity index (χ0v) is 10.2. The highest BCUT2D eigenvalue weighted by molar-refractivity contribution is 7.91.